The van der Waals surface area contributed by atoms with Crippen LogP contribution < -0.4 is 5.73 Å². The topological polar surface area (TPSA) is 49.6 Å². The summed E-state index contributed by atoms with van der Waals surface area (Å²) in [4.78, 5) is 13.9. The standard InChI is InChI=1S/C10H18F3N3O/c1-8(6-14)7-15-2-4-16(5-3-15)9(17)10(11,12)13/h8H,2-7,14H2,1H3. The highest BCUT2D eigenvalue weighted by Gasteiger charge is 2.43. The Bertz CT molecular complexity index is 262. The van der Waals surface area contributed by atoms with Crippen LogP contribution in [0, 0.1) is 5.92 Å². The van der Waals surface area contributed by atoms with Crippen molar-refractivity contribution in [1.29, 1.82) is 0 Å². The molecule has 1 heterocycles. The van der Waals surface area contributed by atoms with Gasteiger partial charge >= 0.3 is 12.1 Å². The van der Waals surface area contributed by atoms with Crippen molar-refractivity contribution >= 4 is 5.91 Å². The van der Waals surface area contributed by atoms with E-state index in [1.807, 2.05) is 11.8 Å². The van der Waals surface area contributed by atoms with Crippen LogP contribution in [-0.2, 0) is 4.79 Å². The highest BCUT2D eigenvalue weighted by atomic mass is 19.4. The number of carbonyl (C=O) groups excluding carboxylic acids is 1. The van der Waals surface area contributed by atoms with Gasteiger partial charge in [0.2, 0.25) is 0 Å². The number of hydrogen-bond donors (Lipinski definition) is 1. The molecule has 7 heteroatoms. The highest BCUT2D eigenvalue weighted by molar-refractivity contribution is 5.81. The number of nitrogens with zero attached hydrogens (tertiary/aromatic N) is 2. The number of hydrogen-bond acceptors (Lipinski definition) is 3. The second-order valence-corrected chi connectivity index (χ2v) is 4.43. The minimum Gasteiger partial charge on any atom is -0.332 e. The van der Waals surface area contributed by atoms with Gasteiger partial charge in [0.1, 0.15) is 0 Å². The lowest BCUT2D eigenvalue weighted by Gasteiger charge is -2.35. The molecular weight excluding hydrogens is 235 g/mol. The zero-order valence-corrected chi connectivity index (χ0v) is 9.83. The first kappa shape index (κ1) is 14.2. The number of amides is 1. The van der Waals surface area contributed by atoms with E-state index in [0.717, 1.165) is 11.4 Å². The molecule has 0 aromatic carbocycles. The molecule has 1 aliphatic rings. The molecule has 1 unspecified atom stereocenters. The van der Waals surface area contributed by atoms with Crippen LogP contribution in [0.15, 0.2) is 0 Å². The molecule has 0 bridgehead atoms. The number of rotatable bonds is 3. The number of nitrogens with two attached hydrogens (primary N) is 1. The molecule has 0 spiro atoms. The second-order valence-electron chi connectivity index (χ2n) is 4.43. The molecule has 17 heavy (non-hydrogen) atoms. The van der Waals surface area contributed by atoms with Crippen LogP contribution in [-0.4, -0.2) is 61.2 Å². The summed E-state index contributed by atoms with van der Waals surface area (Å²) in [6, 6.07) is 0. The quantitative estimate of drug-likeness (QED) is 0.786. The zero-order chi connectivity index (χ0) is 13.1. The first-order valence-electron chi connectivity index (χ1n) is 5.63. The minimum atomic E-state index is -4.76. The van der Waals surface area contributed by atoms with Crippen LogP contribution in [0.3, 0.4) is 0 Å². The molecule has 0 radical (unpaired) electrons. The van der Waals surface area contributed by atoms with Gasteiger partial charge in [0.15, 0.2) is 0 Å². The van der Waals surface area contributed by atoms with Gasteiger partial charge in [0.25, 0.3) is 0 Å². The molecule has 1 amide bonds. The highest BCUT2D eigenvalue weighted by Crippen LogP contribution is 2.19. The van der Waals surface area contributed by atoms with E-state index in [0.29, 0.717) is 25.6 Å². The Morgan fingerprint density at radius 1 is 1.29 bits per heavy atom. The van der Waals surface area contributed by atoms with Crippen molar-refractivity contribution in [3.63, 3.8) is 0 Å². The normalized spacial score (nSPS) is 20.4. The number of halogens is 3. The molecule has 1 fully saturated rings. The number of alkyl halides is 3. The van der Waals surface area contributed by atoms with Crippen molar-refractivity contribution in [2.24, 2.45) is 11.7 Å². The Balaban J connectivity index is 2.38. The fourth-order valence-corrected chi connectivity index (χ4v) is 1.83. The Hall–Kier alpha value is -0.820. The minimum absolute atomic E-state index is 0.135. The van der Waals surface area contributed by atoms with Gasteiger partial charge in [-0.1, -0.05) is 6.92 Å². The Morgan fingerprint density at radius 2 is 1.82 bits per heavy atom. The average Bonchev–Trinajstić information content (AvgIpc) is 2.27. The summed E-state index contributed by atoms with van der Waals surface area (Å²) in [6.45, 7) is 4.54. The molecule has 100 valence electrons. The summed E-state index contributed by atoms with van der Waals surface area (Å²) in [5, 5.41) is 0. The molecular formula is C10H18F3N3O. The van der Waals surface area contributed by atoms with Gasteiger partial charge in [-0.05, 0) is 12.5 Å². The number of carbonyl (C=O) groups is 1. The van der Waals surface area contributed by atoms with Crippen molar-refractivity contribution < 1.29 is 18.0 Å². The fraction of sp³-hybridized carbons (Fsp3) is 0.900. The molecule has 1 atom stereocenters. The maximum atomic E-state index is 12.2. The van der Waals surface area contributed by atoms with Crippen LogP contribution >= 0.6 is 0 Å². The van der Waals surface area contributed by atoms with Crippen LogP contribution in [0.4, 0.5) is 13.2 Å². The van der Waals surface area contributed by atoms with Crippen LogP contribution in [0.5, 0.6) is 0 Å². The third kappa shape index (κ3) is 4.16. The third-order valence-corrected chi connectivity index (χ3v) is 2.87. The fourth-order valence-electron chi connectivity index (χ4n) is 1.83. The lowest BCUT2D eigenvalue weighted by Crippen LogP contribution is -2.53. The van der Waals surface area contributed by atoms with E-state index < -0.39 is 12.1 Å². The summed E-state index contributed by atoms with van der Waals surface area (Å²) in [7, 11) is 0. The van der Waals surface area contributed by atoms with E-state index in [1.165, 1.54) is 0 Å². The third-order valence-electron chi connectivity index (χ3n) is 2.87. The lowest BCUT2D eigenvalue weighted by molar-refractivity contribution is -0.187. The monoisotopic (exact) mass is 253 g/mol. The maximum Gasteiger partial charge on any atom is 0.471 e. The molecule has 2 N–H and O–H groups in total. The van der Waals surface area contributed by atoms with Gasteiger partial charge in [-0.15, -0.1) is 0 Å². The van der Waals surface area contributed by atoms with E-state index in [-0.39, 0.29) is 13.1 Å². The average molecular weight is 253 g/mol. The molecule has 1 aliphatic heterocycles. The van der Waals surface area contributed by atoms with Gasteiger partial charge < -0.3 is 10.6 Å². The summed E-state index contributed by atoms with van der Waals surface area (Å²) in [6.07, 6.45) is -4.76. The first-order valence-corrected chi connectivity index (χ1v) is 5.63. The van der Waals surface area contributed by atoms with Gasteiger partial charge in [0, 0.05) is 32.7 Å². The summed E-state index contributed by atoms with van der Waals surface area (Å²) in [5.41, 5.74) is 5.48. The molecule has 1 saturated heterocycles. The van der Waals surface area contributed by atoms with Crippen molar-refractivity contribution in [3.8, 4) is 0 Å². The van der Waals surface area contributed by atoms with Crippen LogP contribution in [0.2, 0.25) is 0 Å². The Labute approximate surface area is 98.5 Å². The Kier molecular flexibility index (Phi) is 4.76. The van der Waals surface area contributed by atoms with E-state index >= 15 is 0 Å². The zero-order valence-electron chi connectivity index (χ0n) is 9.83. The molecule has 0 aromatic rings. The van der Waals surface area contributed by atoms with Crippen LogP contribution in [0.1, 0.15) is 6.92 Å². The second kappa shape index (κ2) is 5.68. The van der Waals surface area contributed by atoms with Crippen molar-refractivity contribution in [1.82, 2.24) is 9.80 Å². The predicted molar refractivity (Wildman–Crippen MR) is 57.3 cm³/mol. The first-order chi connectivity index (χ1) is 7.84. The van der Waals surface area contributed by atoms with Gasteiger partial charge in [-0.25, -0.2) is 0 Å². The smallest absolute Gasteiger partial charge is 0.332 e. The van der Waals surface area contributed by atoms with Crippen molar-refractivity contribution in [2.45, 2.75) is 13.1 Å². The molecule has 0 aliphatic carbocycles. The maximum absolute atomic E-state index is 12.2. The molecule has 0 aromatic heterocycles. The molecule has 0 saturated carbocycles. The molecule has 1 rings (SSSR count). The van der Waals surface area contributed by atoms with Gasteiger partial charge in [-0.3, -0.25) is 9.69 Å². The summed E-state index contributed by atoms with van der Waals surface area (Å²) >= 11 is 0. The van der Waals surface area contributed by atoms with Crippen molar-refractivity contribution in [2.75, 3.05) is 39.3 Å². The SMILES string of the molecule is CC(CN)CN1CCN(C(=O)C(F)(F)F)CC1. The molecule has 4 nitrogen and oxygen atoms in total. The predicted octanol–water partition coefficient (Wildman–Crippen LogP) is 0.288. The largest absolute Gasteiger partial charge is 0.471 e. The van der Waals surface area contributed by atoms with E-state index in [2.05, 4.69) is 0 Å². The van der Waals surface area contributed by atoms with E-state index in [9.17, 15) is 18.0 Å². The Morgan fingerprint density at radius 3 is 2.24 bits per heavy atom. The summed E-state index contributed by atoms with van der Waals surface area (Å²) < 4.78 is 36.5. The van der Waals surface area contributed by atoms with Gasteiger partial charge in [0.05, 0.1) is 0 Å². The van der Waals surface area contributed by atoms with Crippen molar-refractivity contribution in [3.05, 3.63) is 0 Å². The lowest BCUT2D eigenvalue weighted by atomic mass is 10.1. The number of piperazine rings is 1. The van der Waals surface area contributed by atoms with Crippen LogP contribution in [0.25, 0.3) is 0 Å². The van der Waals surface area contributed by atoms with E-state index in [4.69, 9.17) is 5.73 Å². The van der Waals surface area contributed by atoms with E-state index in [1.54, 1.807) is 0 Å². The van der Waals surface area contributed by atoms with Gasteiger partial charge in [-0.2, -0.15) is 13.2 Å². The summed E-state index contributed by atoms with van der Waals surface area (Å²) in [5.74, 6) is -1.41.